The molecule has 2 rings (SSSR count). The molecule has 0 bridgehead atoms. The van der Waals surface area contributed by atoms with Crippen LogP contribution >= 0.6 is 0 Å². The van der Waals surface area contributed by atoms with E-state index in [1.165, 1.54) is 12.1 Å². The average Bonchev–Trinajstić information content (AvgIpc) is 2.29. The Hall–Kier alpha value is -1.09. The van der Waals surface area contributed by atoms with Gasteiger partial charge in [-0.05, 0) is 24.2 Å². The summed E-state index contributed by atoms with van der Waals surface area (Å²) in [6, 6.07) is 12.1. The molecule has 16 heavy (non-hydrogen) atoms. The summed E-state index contributed by atoms with van der Waals surface area (Å²) >= 11 is 0. The maximum absolute atomic E-state index is 12.2. The molecule has 0 N–H and O–H groups in total. The highest BCUT2D eigenvalue weighted by Gasteiger charge is 2.29. The summed E-state index contributed by atoms with van der Waals surface area (Å²) in [5.41, 5.74) is 0.823. The van der Waals surface area contributed by atoms with Gasteiger partial charge in [0.1, 0.15) is 0 Å². The van der Waals surface area contributed by atoms with Crippen LogP contribution in [0.1, 0.15) is 10.4 Å². The van der Waals surface area contributed by atoms with Gasteiger partial charge in [-0.2, -0.15) is 0 Å². The minimum atomic E-state index is -0.973. The van der Waals surface area contributed by atoms with Crippen molar-refractivity contribution in [2.24, 2.45) is 0 Å². The number of rotatable bonds is 1. The van der Waals surface area contributed by atoms with Gasteiger partial charge in [-0.15, -0.1) is 0 Å². The summed E-state index contributed by atoms with van der Waals surface area (Å²) in [5.74, 6) is 0.199. The molecule has 0 spiro atoms. The van der Waals surface area contributed by atoms with Crippen molar-refractivity contribution in [3.8, 4) is 0 Å². The Kier molecular flexibility index (Phi) is 3.14. The molecule has 1 heterocycles. The summed E-state index contributed by atoms with van der Waals surface area (Å²) in [6.07, 6.45) is 0. The molecular weight excluding hydrogens is 214 g/mol. The molecule has 0 aromatic heterocycles. The van der Waals surface area contributed by atoms with Gasteiger partial charge in [0, 0.05) is 18.7 Å². The van der Waals surface area contributed by atoms with Crippen LogP contribution in [0.4, 0.5) is 0 Å². The van der Waals surface area contributed by atoms with Gasteiger partial charge >= 0.3 is 0 Å². The fraction of sp³-hybridized carbons (Fsp3) is 0.462. The molecule has 1 aromatic rings. The maximum Gasteiger partial charge on any atom is 0.253 e. The Morgan fingerprint density at radius 1 is 1.12 bits per heavy atom. The highest BCUT2D eigenvalue weighted by atomic mass is 28.3. The van der Waals surface area contributed by atoms with Crippen LogP contribution in [0.25, 0.3) is 0 Å². The van der Waals surface area contributed by atoms with E-state index in [9.17, 15) is 4.79 Å². The molecule has 0 atom stereocenters. The van der Waals surface area contributed by atoms with Crippen molar-refractivity contribution in [2.75, 3.05) is 13.1 Å². The standard InChI is InChI=1S/C13H19NOSi/c1-16(2)10-8-14(9-11-16)13(15)12-6-4-3-5-7-12/h3-7H,8-11H2,1-2H3. The minimum absolute atomic E-state index is 0.199. The number of benzene rings is 1. The topological polar surface area (TPSA) is 20.3 Å². The Balaban J connectivity index is 2.03. The molecule has 1 amide bonds. The Labute approximate surface area is 98.3 Å². The smallest absolute Gasteiger partial charge is 0.253 e. The molecule has 1 saturated heterocycles. The highest BCUT2D eigenvalue weighted by molar-refractivity contribution is 6.77. The molecule has 0 unspecified atom stereocenters. The monoisotopic (exact) mass is 233 g/mol. The lowest BCUT2D eigenvalue weighted by molar-refractivity contribution is 0.0765. The number of carbonyl (C=O) groups is 1. The first-order chi connectivity index (χ1) is 7.58. The van der Waals surface area contributed by atoms with Crippen LogP contribution in [0.2, 0.25) is 25.2 Å². The number of nitrogens with zero attached hydrogens (tertiary/aromatic N) is 1. The van der Waals surface area contributed by atoms with Gasteiger partial charge in [0.05, 0.1) is 8.07 Å². The summed E-state index contributed by atoms with van der Waals surface area (Å²) in [4.78, 5) is 14.2. The second-order valence-electron chi connectivity index (χ2n) is 5.32. The second-order valence-corrected chi connectivity index (χ2v) is 10.7. The van der Waals surface area contributed by atoms with E-state index in [1.54, 1.807) is 0 Å². The molecule has 86 valence electrons. The van der Waals surface area contributed by atoms with Crippen molar-refractivity contribution < 1.29 is 4.79 Å². The van der Waals surface area contributed by atoms with Crippen LogP contribution in [-0.4, -0.2) is 32.0 Å². The Bertz CT molecular complexity index is 365. The van der Waals surface area contributed by atoms with Crippen LogP contribution in [0.15, 0.2) is 30.3 Å². The lowest BCUT2D eigenvalue weighted by atomic mass is 10.2. The third-order valence-corrected chi connectivity index (χ3v) is 6.58. The molecule has 0 saturated carbocycles. The van der Waals surface area contributed by atoms with E-state index in [0.29, 0.717) is 0 Å². The first-order valence-electron chi connectivity index (χ1n) is 5.93. The van der Waals surface area contributed by atoms with Gasteiger partial charge in [0.2, 0.25) is 0 Å². The summed E-state index contributed by atoms with van der Waals surface area (Å²) < 4.78 is 0. The summed E-state index contributed by atoms with van der Waals surface area (Å²) in [6.45, 7) is 6.73. The maximum atomic E-state index is 12.2. The van der Waals surface area contributed by atoms with Crippen LogP contribution < -0.4 is 0 Å². The van der Waals surface area contributed by atoms with Crippen LogP contribution in [0, 0.1) is 0 Å². The highest BCUT2D eigenvalue weighted by Crippen LogP contribution is 2.22. The third-order valence-electron chi connectivity index (χ3n) is 3.42. The van der Waals surface area contributed by atoms with Gasteiger partial charge < -0.3 is 4.90 Å². The first-order valence-corrected chi connectivity index (χ1v) is 9.34. The van der Waals surface area contributed by atoms with Crippen molar-refractivity contribution in [1.82, 2.24) is 4.90 Å². The SMILES string of the molecule is C[Si]1(C)CCN(C(=O)c2ccccc2)CC1. The van der Waals surface area contributed by atoms with Crippen LogP contribution in [-0.2, 0) is 0 Å². The normalized spacial score (nSPS) is 19.5. The summed E-state index contributed by atoms with van der Waals surface area (Å²) in [7, 11) is -0.973. The second kappa shape index (κ2) is 4.42. The lowest BCUT2D eigenvalue weighted by Gasteiger charge is -2.35. The van der Waals surface area contributed by atoms with E-state index >= 15 is 0 Å². The zero-order valence-corrected chi connectivity index (χ0v) is 11.1. The van der Waals surface area contributed by atoms with Crippen molar-refractivity contribution in [1.29, 1.82) is 0 Å². The molecule has 1 aromatic carbocycles. The van der Waals surface area contributed by atoms with E-state index in [-0.39, 0.29) is 5.91 Å². The zero-order chi connectivity index (χ0) is 11.6. The molecule has 1 fully saturated rings. The van der Waals surface area contributed by atoms with Crippen LogP contribution in [0.3, 0.4) is 0 Å². The third kappa shape index (κ3) is 2.53. The molecule has 0 radical (unpaired) electrons. The van der Waals surface area contributed by atoms with E-state index in [1.807, 2.05) is 35.2 Å². The van der Waals surface area contributed by atoms with Gasteiger partial charge in [0.15, 0.2) is 0 Å². The average molecular weight is 233 g/mol. The van der Waals surface area contributed by atoms with E-state index < -0.39 is 8.07 Å². The van der Waals surface area contributed by atoms with Crippen molar-refractivity contribution in [3.05, 3.63) is 35.9 Å². The predicted octanol–water partition coefficient (Wildman–Crippen LogP) is 2.85. The molecular formula is C13H19NOSi. The van der Waals surface area contributed by atoms with Crippen molar-refractivity contribution in [3.63, 3.8) is 0 Å². The molecule has 0 aliphatic carbocycles. The van der Waals surface area contributed by atoms with Gasteiger partial charge in [-0.25, -0.2) is 0 Å². The Morgan fingerprint density at radius 2 is 1.69 bits per heavy atom. The quantitative estimate of drug-likeness (QED) is 0.683. The number of hydrogen-bond acceptors (Lipinski definition) is 1. The predicted molar refractivity (Wildman–Crippen MR) is 69.4 cm³/mol. The largest absolute Gasteiger partial charge is 0.339 e. The molecule has 1 aliphatic heterocycles. The van der Waals surface area contributed by atoms with Crippen molar-refractivity contribution in [2.45, 2.75) is 25.2 Å². The van der Waals surface area contributed by atoms with E-state index in [2.05, 4.69) is 13.1 Å². The molecule has 2 nitrogen and oxygen atoms in total. The number of carbonyl (C=O) groups excluding carboxylic acids is 1. The fourth-order valence-corrected chi connectivity index (χ4v) is 4.08. The zero-order valence-electron chi connectivity index (χ0n) is 10.1. The van der Waals surface area contributed by atoms with Gasteiger partial charge in [-0.1, -0.05) is 31.3 Å². The number of amides is 1. The molecule has 3 heteroatoms. The van der Waals surface area contributed by atoms with Crippen molar-refractivity contribution >= 4 is 14.0 Å². The minimum Gasteiger partial charge on any atom is -0.339 e. The van der Waals surface area contributed by atoms with Crippen LogP contribution in [0.5, 0.6) is 0 Å². The van der Waals surface area contributed by atoms with E-state index in [0.717, 1.165) is 18.7 Å². The lowest BCUT2D eigenvalue weighted by Crippen LogP contribution is -2.45. The fourth-order valence-electron chi connectivity index (χ4n) is 2.08. The first kappa shape index (κ1) is 11.4. The van der Waals surface area contributed by atoms with Gasteiger partial charge in [0.25, 0.3) is 5.91 Å². The van der Waals surface area contributed by atoms with Gasteiger partial charge in [-0.3, -0.25) is 4.79 Å². The number of hydrogen-bond donors (Lipinski definition) is 0. The van der Waals surface area contributed by atoms with E-state index in [4.69, 9.17) is 0 Å². The summed E-state index contributed by atoms with van der Waals surface area (Å²) in [5, 5.41) is 0. The molecule has 1 aliphatic rings. The Morgan fingerprint density at radius 3 is 2.25 bits per heavy atom.